The summed E-state index contributed by atoms with van der Waals surface area (Å²) in [6.45, 7) is 9.67. The van der Waals surface area contributed by atoms with Crippen LogP contribution in [0.25, 0.3) is 0 Å². The molecule has 1 unspecified atom stereocenters. The lowest BCUT2D eigenvalue weighted by atomic mass is 9.88. The first kappa shape index (κ1) is 16.3. The second kappa shape index (κ2) is 6.87. The molecule has 0 fully saturated rings. The highest BCUT2D eigenvalue weighted by Gasteiger charge is 2.23. The number of thioether (sulfide) groups is 1. The molecule has 0 aliphatic heterocycles. The molecular weight excluding hydrogens is 242 g/mol. The third-order valence-electron chi connectivity index (χ3n) is 2.38. The zero-order valence-electron chi connectivity index (χ0n) is 11.0. The van der Waals surface area contributed by atoms with E-state index < -0.39 is 9.84 Å². The average molecular weight is 267 g/mol. The van der Waals surface area contributed by atoms with Crippen LogP contribution in [0.1, 0.15) is 27.7 Å². The number of rotatable bonds is 7. The van der Waals surface area contributed by atoms with Crippen LogP contribution in [0.5, 0.6) is 0 Å². The largest absolute Gasteiger partial charge is 0.313 e. The summed E-state index contributed by atoms with van der Waals surface area (Å²) in [6.07, 6.45) is 1.29. The van der Waals surface area contributed by atoms with Crippen molar-refractivity contribution >= 4 is 21.6 Å². The van der Waals surface area contributed by atoms with Gasteiger partial charge in [-0.3, -0.25) is 0 Å². The summed E-state index contributed by atoms with van der Waals surface area (Å²) >= 11 is 1.71. The lowest BCUT2D eigenvalue weighted by molar-refractivity contribution is 0.295. The van der Waals surface area contributed by atoms with Crippen LogP contribution >= 0.6 is 11.8 Å². The van der Waals surface area contributed by atoms with Gasteiger partial charge in [0.15, 0.2) is 0 Å². The highest BCUT2D eigenvalue weighted by atomic mass is 32.2. The van der Waals surface area contributed by atoms with Gasteiger partial charge in [-0.25, -0.2) is 8.42 Å². The third kappa shape index (κ3) is 8.42. The van der Waals surface area contributed by atoms with Gasteiger partial charge in [0.2, 0.25) is 0 Å². The van der Waals surface area contributed by atoms with E-state index in [1.54, 1.807) is 11.8 Å². The Balaban J connectivity index is 3.95. The first-order valence-corrected chi connectivity index (χ1v) is 8.87. The van der Waals surface area contributed by atoms with Gasteiger partial charge in [-0.15, -0.1) is 0 Å². The molecule has 0 amide bonds. The lowest BCUT2D eigenvalue weighted by Crippen LogP contribution is -2.42. The summed E-state index contributed by atoms with van der Waals surface area (Å²) in [5.41, 5.74) is 0.216. The molecule has 5 heteroatoms. The molecule has 0 aromatic heterocycles. The molecule has 98 valence electrons. The van der Waals surface area contributed by atoms with Crippen LogP contribution in [-0.2, 0) is 9.84 Å². The van der Waals surface area contributed by atoms with Crippen LogP contribution < -0.4 is 5.32 Å². The number of sulfone groups is 1. The summed E-state index contributed by atoms with van der Waals surface area (Å²) in [4.78, 5) is 0. The molecule has 0 bridgehead atoms. The zero-order valence-corrected chi connectivity index (χ0v) is 12.7. The fourth-order valence-corrected chi connectivity index (χ4v) is 3.98. The van der Waals surface area contributed by atoms with E-state index in [4.69, 9.17) is 0 Å². The molecule has 0 saturated carbocycles. The van der Waals surface area contributed by atoms with E-state index in [1.165, 1.54) is 6.26 Å². The lowest BCUT2D eigenvalue weighted by Gasteiger charge is -2.31. The summed E-state index contributed by atoms with van der Waals surface area (Å²) in [6, 6.07) is 0.432. The standard InChI is InChI=1S/C11H25NO2S2/c1-6-12-10(11(2,3)4)9-15-7-8-16(5,13)14/h10,12H,6-9H2,1-5H3. The third-order valence-corrected chi connectivity index (χ3v) is 4.64. The second-order valence-electron chi connectivity index (χ2n) is 5.18. The van der Waals surface area contributed by atoms with Gasteiger partial charge < -0.3 is 5.32 Å². The maximum Gasteiger partial charge on any atom is 0.148 e. The van der Waals surface area contributed by atoms with E-state index in [1.807, 2.05) is 0 Å². The molecule has 0 spiro atoms. The van der Waals surface area contributed by atoms with Crippen molar-refractivity contribution in [2.45, 2.75) is 33.7 Å². The molecule has 1 atom stereocenters. The molecule has 16 heavy (non-hydrogen) atoms. The van der Waals surface area contributed by atoms with Gasteiger partial charge in [0.05, 0.1) is 5.75 Å². The molecule has 0 heterocycles. The molecular formula is C11H25NO2S2. The Morgan fingerprint density at radius 3 is 2.25 bits per heavy atom. The van der Waals surface area contributed by atoms with Crippen molar-refractivity contribution < 1.29 is 8.42 Å². The van der Waals surface area contributed by atoms with E-state index in [2.05, 4.69) is 33.0 Å². The van der Waals surface area contributed by atoms with Crippen LogP contribution in [-0.4, -0.2) is 44.5 Å². The van der Waals surface area contributed by atoms with E-state index in [0.29, 0.717) is 11.8 Å². The van der Waals surface area contributed by atoms with Crippen LogP contribution in [0, 0.1) is 5.41 Å². The fraction of sp³-hybridized carbons (Fsp3) is 1.00. The Labute approximate surface area is 105 Å². The van der Waals surface area contributed by atoms with Crippen LogP contribution in [0.3, 0.4) is 0 Å². The Kier molecular flexibility index (Phi) is 6.98. The first-order valence-electron chi connectivity index (χ1n) is 5.65. The SMILES string of the molecule is CCNC(CSCCS(C)(=O)=O)C(C)(C)C. The van der Waals surface area contributed by atoms with Crippen molar-refractivity contribution in [3.8, 4) is 0 Å². The molecule has 0 aliphatic carbocycles. The summed E-state index contributed by atoms with van der Waals surface area (Å²) < 4.78 is 21.9. The highest BCUT2D eigenvalue weighted by molar-refractivity contribution is 8.00. The minimum Gasteiger partial charge on any atom is -0.313 e. The predicted octanol–water partition coefficient (Wildman–Crippen LogP) is 1.79. The highest BCUT2D eigenvalue weighted by Crippen LogP contribution is 2.22. The van der Waals surface area contributed by atoms with Gasteiger partial charge in [0.1, 0.15) is 9.84 Å². The van der Waals surface area contributed by atoms with Crippen molar-refractivity contribution in [1.82, 2.24) is 5.32 Å². The van der Waals surface area contributed by atoms with E-state index in [0.717, 1.165) is 12.3 Å². The first-order chi connectivity index (χ1) is 7.17. The second-order valence-corrected chi connectivity index (χ2v) is 8.59. The maximum atomic E-state index is 11.0. The molecule has 0 saturated heterocycles. The minimum absolute atomic E-state index is 0.216. The van der Waals surface area contributed by atoms with Crippen LogP contribution in [0.4, 0.5) is 0 Å². The van der Waals surface area contributed by atoms with Gasteiger partial charge in [-0.2, -0.15) is 11.8 Å². The Morgan fingerprint density at radius 2 is 1.88 bits per heavy atom. The summed E-state index contributed by atoms with van der Waals surface area (Å²) in [5, 5.41) is 3.45. The van der Waals surface area contributed by atoms with E-state index in [9.17, 15) is 8.42 Å². The molecule has 0 rings (SSSR count). The normalized spacial score (nSPS) is 15.1. The smallest absolute Gasteiger partial charge is 0.148 e. The van der Waals surface area contributed by atoms with Gasteiger partial charge in [0.25, 0.3) is 0 Å². The van der Waals surface area contributed by atoms with E-state index in [-0.39, 0.29) is 11.2 Å². The topological polar surface area (TPSA) is 46.2 Å². The molecule has 0 radical (unpaired) electrons. The van der Waals surface area contributed by atoms with Crippen molar-refractivity contribution in [2.75, 3.05) is 30.1 Å². The van der Waals surface area contributed by atoms with Gasteiger partial charge >= 0.3 is 0 Å². The predicted molar refractivity (Wildman–Crippen MR) is 74.0 cm³/mol. The minimum atomic E-state index is -2.81. The van der Waals surface area contributed by atoms with Crippen LogP contribution in [0.2, 0.25) is 0 Å². The Hall–Kier alpha value is 0.260. The van der Waals surface area contributed by atoms with Gasteiger partial charge in [-0.1, -0.05) is 27.7 Å². The Bertz CT molecular complexity index is 281. The number of hydrogen-bond donors (Lipinski definition) is 1. The summed E-state index contributed by atoms with van der Waals surface area (Å²) in [7, 11) is -2.81. The van der Waals surface area contributed by atoms with Crippen molar-refractivity contribution in [1.29, 1.82) is 0 Å². The molecule has 1 N–H and O–H groups in total. The molecule has 0 aromatic rings. The molecule has 3 nitrogen and oxygen atoms in total. The van der Waals surface area contributed by atoms with Crippen molar-refractivity contribution in [3.63, 3.8) is 0 Å². The van der Waals surface area contributed by atoms with Crippen molar-refractivity contribution in [3.05, 3.63) is 0 Å². The zero-order chi connectivity index (χ0) is 12.8. The Morgan fingerprint density at radius 1 is 1.31 bits per heavy atom. The van der Waals surface area contributed by atoms with Crippen molar-refractivity contribution in [2.24, 2.45) is 5.41 Å². The fourth-order valence-electron chi connectivity index (χ4n) is 1.27. The van der Waals surface area contributed by atoms with Crippen LogP contribution in [0.15, 0.2) is 0 Å². The van der Waals surface area contributed by atoms with E-state index >= 15 is 0 Å². The van der Waals surface area contributed by atoms with Gasteiger partial charge in [-0.05, 0) is 12.0 Å². The quantitative estimate of drug-likeness (QED) is 0.714. The number of nitrogens with one attached hydrogen (secondary N) is 1. The molecule has 0 aromatic carbocycles. The maximum absolute atomic E-state index is 11.0. The average Bonchev–Trinajstić information content (AvgIpc) is 2.06. The molecule has 0 aliphatic rings. The monoisotopic (exact) mass is 267 g/mol. The number of hydrogen-bond acceptors (Lipinski definition) is 4. The summed E-state index contributed by atoms with van der Waals surface area (Å²) in [5.74, 6) is 1.93. The van der Waals surface area contributed by atoms with Gasteiger partial charge in [0, 0.05) is 23.8 Å².